The van der Waals surface area contributed by atoms with Crippen molar-refractivity contribution in [2.75, 3.05) is 0 Å². The molecule has 4 rings (SSSR count). The molecule has 0 aliphatic carbocycles. The fourth-order valence-corrected chi connectivity index (χ4v) is 2.26. The second-order valence-corrected chi connectivity index (χ2v) is 5.07. The van der Waals surface area contributed by atoms with Gasteiger partial charge in [-0.1, -0.05) is 18.2 Å². The monoisotopic (exact) mass is 345 g/mol. The average molecular weight is 345 g/mol. The number of fused-ring (bicyclic) bond motifs is 1. The van der Waals surface area contributed by atoms with E-state index in [1.54, 1.807) is 12.4 Å². The van der Waals surface area contributed by atoms with Gasteiger partial charge >= 0.3 is 6.18 Å². The van der Waals surface area contributed by atoms with Gasteiger partial charge in [-0.05, 0) is 24.3 Å². The summed E-state index contributed by atoms with van der Waals surface area (Å²) in [6.07, 6.45) is 5.41. The van der Waals surface area contributed by atoms with Crippen molar-refractivity contribution in [1.29, 1.82) is 0 Å². The van der Waals surface area contributed by atoms with E-state index in [0.717, 1.165) is 17.5 Å². The van der Waals surface area contributed by atoms with E-state index in [-0.39, 0.29) is 5.56 Å². The number of allylic oxidation sites excluding steroid dienone is 2. The molecule has 3 heterocycles. The van der Waals surface area contributed by atoms with Crippen LogP contribution >= 0.6 is 0 Å². The number of aromatic nitrogens is 1. The molecule has 0 bridgehead atoms. The molecule has 2 aliphatic heterocycles. The number of pyridine rings is 1. The Kier molecular flexibility index (Phi) is 4.56. The number of rotatable bonds is 1. The lowest BCUT2D eigenvalue weighted by molar-refractivity contribution is -0.139. The van der Waals surface area contributed by atoms with Crippen molar-refractivity contribution in [2.45, 2.75) is 6.18 Å². The SMILES string of the molecule is C1=NC2=CC=NC2=C1.Fc1c(-c2cccnc2)cccc1C(F)(F)F. The van der Waals surface area contributed by atoms with Crippen LogP contribution in [-0.4, -0.2) is 17.4 Å². The van der Waals surface area contributed by atoms with Crippen LogP contribution in [0.2, 0.25) is 0 Å². The third-order valence-electron chi connectivity index (χ3n) is 3.43. The highest BCUT2D eigenvalue weighted by molar-refractivity contribution is 5.88. The Labute approximate surface area is 140 Å². The zero-order valence-electron chi connectivity index (χ0n) is 12.7. The number of hydrogen-bond donors (Lipinski definition) is 0. The van der Waals surface area contributed by atoms with Gasteiger partial charge in [0.2, 0.25) is 0 Å². The number of nitrogens with zero attached hydrogens (tertiary/aromatic N) is 3. The van der Waals surface area contributed by atoms with Crippen LogP contribution in [0, 0.1) is 5.82 Å². The Hall–Kier alpha value is -3.09. The lowest BCUT2D eigenvalue weighted by atomic mass is 10.0. The maximum absolute atomic E-state index is 13.7. The molecule has 0 atom stereocenters. The summed E-state index contributed by atoms with van der Waals surface area (Å²) in [5, 5.41) is 0. The molecule has 0 unspecified atom stereocenters. The summed E-state index contributed by atoms with van der Waals surface area (Å²) < 4.78 is 51.2. The van der Waals surface area contributed by atoms with Gasteiger partial charge in [-0.3, -0.25) is 15.0 Å². The summed E-state index contributed by atoms with van der Waals surface area (Å²) in [5.41, 5.74) is 0.929. The van der Waals surface area contributed by atoms with Crippen molar-refractivity contribution in [3.8, 4) is 11.1 Å². The Bertz CT molecular complexity index is 868. The lowest BCUT2D eigenvalue weighted by Crippen LogP contribution is -2.08. The number of hydrogen-bond acceptors (Lipinski definition) is 3. The maximum Gasteiger partial charge on any atom is 0.419 e. The molecule has 0 amide bonds. The quantitative estimate of drug-likeness (QED) is 0.682. The zero-order chi connectivity index (χ0) is 17.9. The number of aliphatic imine (C=N–C) groups is 2. The van der Waals surface area contributed by atoms with Crippen LogP contribution < -0.4 is 0 Å². The topological polar surface area (TPSA) is 37.6 Å². The molecule has 0 saturated heterocycles. The molecule has 0 saturated carbocycles. The third-order valence-corrected chi connectivity index (χ3v) is 3.43. The zero-order valence-corrected chi connectivity index (χ0v) is 12.7. The van der Waals surface area contributed by atoms with Crippen LogP contribution in [0.15, 0.2) is 76.3 Å². The van der Waals surface area contributed by atoms with Gasteiger partial charge in [0.25, 0.3) is 0 Å². The fraction of sp³-hybridized carbons (Fsp3) is 0.0556. The largest absolute Gasteiger partial charge is 0.419 e. The van der Waals surface area contributed by atoms with Gasteiger partial charge in [0.05, 0.1) is 17.0 Å². The van der Waals surface area contributed by atoms with Gasteiger partial charge in [-0.15, -0.1) is 0 Å². The predicted octanol–water partition coefficient (Wildman–Crippen LogP) is 4.83. The molecule has 0 N–H and O–H groups in total. The van der Waals surface area contributed by atoms with Crippen molar-refractivity contribution < 1.29 is 17.6 Å². The molecular formula is C18H11F4N3. The van der Waals surface area contributed by atoms with Gasteiger partial charge in [-0.2, -0.15) is 13.2 Å². The van der Waals surface area contributed by atoms with Crippen LogP contribution in [0.4, 0.5) is 17.6 Å². The molecule has 0 radical (unpaired) electrons. The van der Waals surface area contributed by atoms with Crippen molar-refractivity contribution >= 4 is 12.4 Å². The predicted molar refractivity (Wildman–Crippen MR) is 87.8 cm³/mol. The molecule has 1 aromatic heterocycles. The molecule has 126 valence electrons. The highest BCUT2D eigenvalue weighted by Gasteiger charge is 2.34. The summed E-state index contributed by atoms with van der Waals surface area (Å²) in [6, 6.07) is 6.23. The molecule has 2 aromatic rings. The van der Waals surface area contributed by atoms with Gasteiger partial charge in [-0.25, -0.2) is 4.39 Å². The van der Waals surface area contributed by atoms with Crippen LogP contribution in [0.3, 0.4) is 0 Å². The molecule has 2 aliphatic rings. The van der Waals surface area contributed by atoms with Crippen molar-refractivity contribution in [3.05, 3.63) is 77.7 Å². The molecule has 1 aromatic carbocycles. The minimum Gasteiger partial charge on any atom is -0.264 e. The summed E-state index contributed by atoms with van der Waals surface area (Å²) in [5.74, 6) is -1.27. The van der Waals surface area contributed by atoms with E-state index < -0.39 is 17.6 Å². The number of benzene rings is 1. The highest BCUT2D eigenvalue weighted by atomic mass is 19.4. The molecule has 0 fully saturated rings. The first-order chi connectivity index (χ1) is 12.0. The fourth-order valence-electron chi connectivity index (χ4n) is 2.26. The summed E-state index contributed by atoms with van der Waals surface area (Å²) >= 11 is 0. The van der Waals surface area contributed by atoms with Gasteiger partial charge in [0, 0.05) is 35.9 Å². The normalized spacial score (nSPS) is 14.6. The van der Waals surface area contributed by atoms with Crippen LogP contribution in [0.5, 0.6) is 0 Å². The smallest absolute Gasteiger partial charge is 0.264 e. The lowest BCUT2D eigenvalue weighted by Gasteiger charge is -2.10. The van der Waals surface area contributed by atoms with E-state index in [1.165, 1.54) is 36.7 Å². The van der Waals surface area contributed by atoms with E-state index in [0.29, 0.717) is 5.56 Å². The molecule has 3 nitrogen and oxygen atoms in total. The summed E-state index contributed by atoms with van der Waals surface area (Å²) in [7, 11) is 0. The van der Waals surface area contributed by atoms with Crippen LogP contribution in [0.25, 0.3) is 11.1 Å². The van der Waals surface area contributed by atoms with E-state index in [1.807, 2.05) is 12.2 Å². The first-order valence-corrected chi connectivity index (χ1v) is 7.22. The Morgan fingerprint density at radius 1 is 0.840 bits per heavy atom. The maximum atomic E-state index is 13.7. The molecule has 25 heavy (non-hydrogen) atoms. The number of halogens is 4. The number of alkyl halides is 3. The van der Waals surface area contributed by atoms with Gasteiger partial charge in [0.15, 0.2) is 0 Å². The second kappa shape index (κ2) is 6.80. The highest BCUT2D eigenvalue weighted by Crippen LogP contribution is 2.35. The standard InChI is InChI=1S/C12H7F4N.C6H4N2/c13-11-9(8-3-2-6-17-7-8)4-1-5-10(11)12(14,15)16;1-3-7-6-2-4-8-5(1)6/h1-7H;1-4H. The second-order valence-electron chi connectivity index (χ2n) is 5.07. The van der Waals surface area contributed by atoms with Crippen molar-refractivity contribution in [3.63, 3.8) is 0 Å². The van der Waals surface area contributed by atoms with Crippen LogP contribution in [0.1, 0.15) is 5.56 Å². The Morgan fingerprint density at radius 2 is 1.52 bits per heavy atom. The van der Waals surface area contributed by atoms with Crippen molar-refractivity contribution in [1.82, 2.24) is 4.98 Å². The van der Waals surface area contributed by atoms with Gasteiger partial charge < -0.3 is 0 Å². The van der Waals surface area contributed by atoms with Gasteiger partial charge in [0.1, 0.15) is 5.82 Å². The molecule has 0 spiro atoms. The van der Waals surface area contributed by atoms with E-state index in [9.17, 15) is 17.6 Å². The van der Waals surface area contributed by atoms with Crippen molar-refractivity contribution in [2.24, 2.45) is 9.98 Å². The van der Waals surface area contributed by atoms with E-state index >= 15 is 0 Å². The minimum absolute atomic E-state index is 0.104. The van der Waals surface area contributed by atoms with E-state index in [2.05, 4.69) is 15.0 Å². The first-order valence-electron chi connectivity index (χ1n) is 7.22. The van der Waals surface area contributed by atoms with E-state index in [4.69, 9.17) is 0 Å². The Balaban J connectivity index is 0.000000188. The minimum atomic E-state index is -4.69. The van der Waals surface area contributed by atoms with Crippen LogP contribution in [-0.2, 0) is 6.18 Å². The first kappa shape index (κ1) is 16.8. The summed E-state index contributed by atoms with van der Waals surface area (Å²) in [4.78, 5) is 11.8. The average Bonchev–Trinajstić information content (AvgIpc) is 3.20. The summed E-state index contributed by atoms with van der Waals surface area (Å²) in [6.45, 7) is 0. The third kappa shape index (κ3) is 3.71. The Morgan fingerprint density at radius 3 is 2.08 bits per heavy atom. The molecule has 7 heteroatoms. The molecular weight excluding hydrogens is 334 g/mol.